The molecular formula is C22H27BrN4O. The van der Waals surface area contributed by atoms with Crippen LogP contribution in [-0.4, -0.2) is 28.3 Å². The van der Waals surface area contributed by atoms with Crippen LogP contribution in [0.5, 0.6) is 0 Å². The zero-order chi connectivity index (χ0) is 20.7. The average molecular weight is 443 g/mol. The van der Waals surface area contributed by atoms with Gasteiger partial charge in [0.25, 0.3) is 0 Å². The van der Waals surface area contributed by atoms with Crippen molar-refractivity contribution in [3.05, 3.63) is 76.4 Å². The fraction of sp³-hybridized carbons (Fsp3) is 0.273. The quantitative estimate of drug-likeness (QED) is 0.639. The van der Waals surface area contributed by atoms with Gasteiger partial charge < -0.3 is 5.73 Å². The van der Waals surface area contributed by atoms with E-state index in [9.17, 15) is 4.79 Å². The molecule has 0 saturated carbocycles. The molecule has 0 aliphatic heterocycles. The summed E-state index contributed by atoms with van der Waals surface area (Å²) in [5.41, 5.74) is 8.89. The Bertz CT molecular complexity index is 885. The number of aromatic nitrogens is 2. The van der Waals surface area contributed by atoms with Crippen molar-refractivity contribution in [2.24, 2.45) is 5.73 Å². The largest absolute Gasteiger partial charge is 0.320 e. The van der Waals surface area contributed by atoms with E-state index >= 15 is 0 Å². The van der Waals surface area contributed by atoms with Gasteiger partial charge in [0.2, 0.25) is 5.91 Å². The van der Waals surface area contributed by atoms with Crippen LogP contribution in [-0.2, 0) is 4.79 Å². The molecule has 1 heterocycles. The van der Waals surface area contributed by atoms with E-state index in [1.807, 2.05) is 62.4 Å². The van der Waals surface area contributed by atoms with Crippen LogP contribution in [0.3, 0.4) is 0 Å². The van der Waals surface area contributed by atoms with E-state index in [1.54, 1.807) is 22.7 Å². The highest BCUT2D eigenvalue weighted by atomic mass is 79.9. The molecule has 3 aromatic rings. The van der Waals surface area contributed by atoms with Gasteiger partial charge in [-0.15, -0.1) is 0 Å². The second-order valence-corrected chi connectivity index (χ2v) is 7.37. The number of likely N-dealkylation sites (N-methyl/N-ethyl adjacent to an activating group) is 1. The number of aryl methyl sites for hydroxylation is 2. The third-order valence-electron chi connectivity index (χ3n) is 4.23. The lowest BCUT2D eigenvalue weighted by molar-refractivity contribution is -0.119. The molecule has 0 fully saturated rings. The number of carbonyl (C=O) groups excluding carboxylic acids is 1. The summed E-state index contributed by atoms with van der Waals surface area (Å²) in [6.45, 7) is 8.20. The first-order chi connectivity index (χ1) is 13.4. The Kier molecular flexibility index (Phi) is 7.96. The van der Waals surface area contributed by atoms with Crippen molar-refractivity contribution >= 4 is 27.7 Å². The molecule has 0 spiro atoms. The Balaban J connectivity index is 0.000000292. The number of para-hydroxylation sites is 1. The van der Waals surface area contributed by atoms with Gasteiger partial charge in [-0.3, -0.25) is 9.69 Å². The molecule has 1 atom stereocenters. The van der Waals surface area contributed by atoms with Gasteiger partial charge in [-0.1, -0.05) is 52.3 Å². The minimum Gasteiger partial charge on any atom is -0.320 e. The van der Waals surface area contributed by atoms with E-state index in [1.165, 1.54) is 10.0 Å². The van der Waals surface area contributed by atoms with Crippen LogP contribution in [0.15, 0.2) is 65.3 Å². The summed E-state index contributed by atoms with van der Waals surface area (Å²) in [5.74, 6) is 0.675. The molecule has 0 radical (unpaired) electrons. The maximum atomic E-state index is 12.3. The number of nitrogens with zero attached hydrogens (tertiary/aromatic N) is 3. The summed E-state index contributed by atoms with van der Waals surface area (Å²) >= 11 is 3.40. The van der Waals surface area contributed by atoms with Crippen LogP contribution < -0.4 is 10.6 Å². The zero-order valence-electron chi connectivity index (χ0n) is 16.8. The van der Waals surface area contributed by atoms with Gasteiger partial charge in [0.1, 0.15) is 5.82 Å². The smallest absolute Gasteiger partial charge is 0.244 e. The van der Waals surface area contributed by atoms with E-state index in [2.05, 4.69) is 34.0 Å². The molecule has 2 N–H and O–H groups in total. The molecule has 0 saturated heterocycles. The Morgan fingerprint density at radius 3 is 2.21 bits per heavy atom. The van der Waals surface area contributed by atoms with Crippen molar-refractivity contribution in [1.29, 1.82) is 0 Å². The average Bonchev–Trinajstić information content (AvgIpc) is 3.07. The van der Waals surface area contributed by atoms with Crippen LogP contribution >= 0.6 is 15.9 Å². The van der Waals surface area contributed by atoms with Gasteiger partial charge in [-0.05, 0) is 51.5 Å². The minimum absolute atomic E-state index is 0.103. The SMILES string of the molecule is CCN(C(=O)C(C)N)c1c(C)cnn1-c1ccccc1.Cc1ccccc1Br. The van der Waals surface area contributed by atoms with Gasteiger partial charge >= 0.3 is 0 Å². The van der Waals surface area contributed by atoms with Crippen LogP contribution in [0.4, 0.5) is 5.82 Å². The lowest BCUT2D eigenvalue weighted by Crippen LogP contribution is -2.43. The predicted octanol–water partition coefficient (Wildman–Crippen LogP) is 4.64. The summed E-state index contributed by atoms with van der Waals surface area (Å²) in [7, 11) is 0. The number of halogens is 1. The molecular weight excluding hydrogens is 416 g/mol. The van der Waals surface area contributed by atoms with Crippen LogP contribution in [0.2, 0.25) is 0 Å². The van der Waals surface area contributed by atoms with Crippen molar-refractivity contribution in [3.63, 3.8) is 0 Å². The monoisotopic (exact) mass is 442 g/mol. The molecule has 1 unspecified atom stereocenters. The van der Waals surface area contributed by atoms with E-state index in [4.69, 9.17) is 5.73 Å². The van der Waals surface area contributed by atoms with Crippen molar-refractivity contribution in [2.75, 3.05) is 11.4 Å². The van der Waals surface area contributed by atoms with Crippen LogP contribution in [0.1, 0.15) is 25.0 Å². The first-order valence-electron chi connectivity index (χ1n) is 9.25. The predicted molar refractivity (Wildman–Crippen MR) is 119 cm³/mol. The number of hydrogen-bond donors (Lipinski definition) is 1. The van der Waals surface area contributed by atoms with Gasteiger partial charge in [0.05, 0.1) is 17.9 Å². The Morgan fingerprint density at radius 1 is 1.11 bits per heavy atom. The number of nitrogens with two attached hydrogens (primary N) is 1. The van der Waals surface area contributed by atoms with Crippen molar-refractivity contribution in [2.45, 2.75) is 33.7 Å². The van der Waals surface area contributed by atoms with Crippen LogP contribution in [0, 0.1) is 13.8 Å². The third-order valence-corrected chi connectivity index (χ3v) is 5.11. The number of amides is 1. The Morgan fingerprint density at radius 2 is 1.71 bits per heavy atom. The molecule has 0 aliphatic rings. The van der Waals surface area contributed by atoms with Gasteiger partial charge in [0.15, 0.2) is 0 Å². The summed E-state index contributed by atoms with van der Waals surface area (Å²) in [5, 5.41) is 4.38. The Labute approximate surface area is 175 Å². The number of rotatable bonds is 4. The second kappa shape index (κ2) is 10.2. The first-order valence-corrected chi connectivity index (χ1v) is 10.0. The number of benzene rings is 2. The minimum atomic E-state index is -0.534. The highest BCUT2D eigenvalue weighted by Gasteiger charge is 2.23. The second-order valence-electron chi connectivity index (χ2n) is 6.52. The fourth-order valence-electron chi connectivity index (χ4n) is 2.72. The third kappa shape index (κ3) is 5.30. The van der Waals surface area contributed by atoms with E-state index < -0.39 is 6.04 Å². The summed E-state index contributed by atoms with van der Waals surface area (Å²) in [4.78, 5) is 13.9. The Hall–Kier alpha value is -2.44. The van der Waals surface area contributed by atoms with Crippen molar-refractivity contribution < 1.29 is 4.79 Å². The van der Waals surface area contributed by atoms with E-state index in [0.717, 1.165) is 17.1 Å². The highest BCUT2D eigenvalue weighted by molar-refractivity contribution is 9.10. The standard InChI is InChI=1S/C15H20N4O.C7H7Br/c1-4-18(15(20)12(3)16)14-11(2)10-17-19(14)13-8-6-5-7-9-13;1-6-4-2-3-5-7(6)8/h5-10,12H,4,16H2,1-3H3;2-5H,1H3. The number of anilines is 1. The zero-order valence-corrected chi connectivity index (χ0v) is 18.3. The maximum Gasteiger partial charge on any atom is 0.244 e. The lowest BCUT2D eigenvalue weighted by atomic mass is 10.2. The molecule has 6 heteroatoms. The topological polar surface area (TPSA) is 64.2 Å². The normalized spacial score (nSPS) is 11.4. The van der Waals surface area contributed by atoms with E-state index in [-0.39, 0.29) is 5.91 Å². The number of hydrogen-bond acceptors (Lipinski definition) is 3. The van der Waals surface area contributed by atoms with Gasteiger partial charge in [-0.2, -0.15) is 5.10 Å². The molecule has 148 valence electrons. The molecule has 28 heavy (non-hydrogen) atoms. The van der Waals surface area contributed by atoms with Gasteiger partial charge in [-0.25, -0.2) is 4.68 Å². The first kappa shape index (κ1) is 21.9. The molecule has 0 bridgehead atoms. The van der Waals surface area contributed by atoms with Crippen molar-refractivity contribution in [3.8, 4) is 5.69 Å². The summed E-state index contributed by atoms with van der Waals surface area (Å²) < 4.78 is 2.96. The van der Waals surface area contributed by atoms with Gasteiger partial charge in [0, 0.05) is 16.6 Å². The molecule has 1 aromatic heterocycles. The summed E-state index contributed by atoms with van der Waals surface area (Å²) in [6.07, 6.45) is 1.76. The van der Waals surface area contributed by atoms with Crippen molar-refractivity contribution in [1.82, 2.24) is 9.78 Å². The molecule has 5 nitrogen and oxygen atoms in total. The maximum absolute atomic E-state index is 12.3. The molecule has 1 amide bonds. The van der Waals surface area contributed by atoms with Crippen LogP contribution in [0.25, 0.3) is 5.69 Å². The summed E-state index contributed by atoms with van der Waals surface area (Å²) in [6, 6.07) is 17.4. The number of carbonyl (C=O) groups is 1. The molecule has 0 aliphatic carbocycles. The fourth-order valence-corrected chi connectivity index (χ4v) is 3.00. The molecule has 2 aromatic carbocycles. The lowest BCUT2D eigenvalue weighted by Gasteiger charge is -2.24. The van der Waals surface area contributed by atoms with E-state index in [0.29, 0.717) is 6.54 Å². The highest BCUT2D eigenvalue weighted by Crippen LogP contribution is 2.24. The molecule has 3 rings (SSSR count).